The quantitative estimate of drug-likeness (QED) is 0.454. The Morgan fingerprint density at radius 3 is 2.47 bits per heavy atom. The maximum atomic E-state index is 5.68. The van der Waals surface area contributed by atoms with Gasteiger partial charge in [-0.05, 0) is 37.9 Å². The van der Waals surface area contributed by atoms with Crippen LogP contribution in [0.4, 0.5) is 0 Å². The van der Waals surface area contributed by atoms with Crippen molar-refractivity contribution in [3.05, 3.63) is 10.6 Å². The van der Waals surface area contributed by atoms with E-state index in [0.29, 0.717) is 29.6 Å². The van der Waals surface area contributed by atoms with E-state index in [1.165, 1.54) is 16.1 Å². The van der Waals surface area contributed by atoms with Crippen molar-refractivity contribution in [3.8, 4) is 0 Å². The SMILES string of the molecule is CCOP(=S)(OCC)SCc1n[nH]c(=S)n1N. The van der Waals surface area contributed by atoms with E-state index in [9.17, 15) is 0 Å². The van der Waals surface area contributed by atoms with Gasteiger partial charge in [0, 0.05) is 0 Å². The molecule has 0 aromatic carbocycles. The second-order valence-corrected chi connectivity index (χ2v) is 9.57. The first kappa shape index (κ1) is 15.1. The Hall–Kier alpha value is 0.0800. The van der Waals surface area contributed by atoms with E-state index >= 15 is 0 Å². The molecule has 1 rings (SSSR count). The molecule has 0 unspecified atom stereocenters. The predicted molar refractivity (Wildman–Crippen MR) is 76.4 cm³/mol. The molecule has 98 valence electrons. The van der Waals surface area contributed by atoms with Crippen LogP contribution in [0.5, 0.6) is 0 Å². The van der Waals surface area contributed by atoms with E-state index in [0.717, 1.165) is 0 Å². The normalized spacial score (nSPS) is 11.9. The highest BCUT2D eigenvalue weighted by molar-refractivity contribution is 8.67. The van der Waals surface area contributed by atoms with Gasteiger partial charge in [0.15, 0.2) is 5.82 Å². The first-order valence-corrected chi connectivity index (χ1v) is 9.61. The average Bonchev–Trinajstić information content (AvgIpc) is 2.58. The topological polar surface area (TPSA) is 78.1 Å². The second-order valence-electron chi connectivity index (χ2n) is 2.87. The fourth-order valence-corrected chi connectivity index (χ4v) is 5.50. The zero-order valence-electron chi connectivity index (χ0n) is 9.58. The molecule has 1 heterocycles. The van der Waals surface area contributed by atoms with Crippen LogP contribution in [0, 0.1) is 4.77 Å². The number of nitrogens with two attached hydrogens (primary N) is 1. The van der Waals surface area contributed by atoms with E-state index in [1.807, 2.05) is 13.8 Å². The van der Waals surface area contributed by atoms with Crippen molar-refractivity contribution in [1.29, 1.82) is 0 Å². The van der Waals surface area contributed by atoms with Crippen molar-refractivity contribution in [2.75, 3.05) is 19.1 Å². The fourth-order valence-electron chi connectivity index (χ4n) is 1.00. The highest BCUT2D eigenvalue weighted by Gasteiger charge is 2.20. The smallest absolute Gasteiger partial charge is 0.247 e. The Bertz CT molecular complexity index is 450. The molecule has 0 radical (unpaired) electrons. The summed E-state index contributed by atoms with van der Waals surface area (Å²) in [6.45, 7) is 4.83. The summed E-state index contributed by atoms with van der Waals surface area (Å²) in [4.78, 5) is 0. The van der Waals surface area contributed by atoms with Crippen molar-refractivity contribution in [3.63, 3.8) is 0 Å². The number of rotatable bonds is 7. The second kappa shape index (κ2) is 6.86. The Morgan fingerprint density at radius 2 is 2.06 bits per heavy atom. The minimum absolute atomic E-state index is 0.377. The van der Waals surface area contributed by atoms with Gasteiger partial charge in [0.2, 0.25) is 10.5 Å². The number of hydrogen-bond acceptors (Lipinski definition) is 7. The molecule has 0 aliphatic rings. The number of nitrogens with one attached hydrogen (secondary N) is 1. The van der Waals surface area contributed by atoms with Gasteiger partial charge >= 0.3 is 0 Å². The fraction of sp³-hybridized carbons (Fsp3) is 0.714. The molecule has 0 spiro atoms. The zero-order valence-corrected chi connectivity index (χ0v) is 12.9. The van der Waals surface area contributed by atoms with Gasteiger partial charge in [-0.2, -0.15) is 5.10 Å². The molecule has 0 atom stereocenters. The van der Waals surface area contributed by atoms with Gasteiger partial charge < -0.3 is 14.9 Å². The van der Waals surface area contributed by atoms with Crippen LogP contribution in [0.2, 0.25) is 0 Å². The van der Waals surface area contributed by atoms with Crippen molar-refractivity contribution < 1.29 is 9.05 Å². The largest absolute Gasteiger partial charge is 0.335 e. The summed E-state index contributed by atoms with van der Waals surface area (Å²) in [5.41, 5.74) is -2.30. The van der Waals surface area contributed by atoms with E-state index in [4.69, 9.17) is 38.9 Å². The highest BCUT2D eigenvalue weighted by atomic mass is 32.9. The molecule has 6 nitrogen and oxygen atoms in total. The molecule has 0 amide bonds. The molecule has 10 heteroatoms. The van der Waals surface area contributed by atoms with Crippen LogP contribution in [0.1, 0.15) is 19.7 Å². The van der Waals surface area contributed by atoms with Crippen LogP contribution in [0.3, 0.4) is 0 Å². The first-order chi connectivity index (χ1) is 8.02. The molecule has 17 heavy (non-hydrogen) atoms. The number of aromatic amines is 1. The number of hydrogen-bond donors (Lipinski definition) is 2. The van der Waals surface area contributed by atoms with Gasteiger partial charge in [0.1, 0.15) is 0 Å². The molecule has 3 N–H and O–H groups in total. The van der Waals surface area contributed by atoms with Gasteiger partial charge in [-0.3, -0.25) is 5.10 Å². The third-order valence-electron chi connectivity index (χ3n) is 1.70. The highest BCUT2D eigenvalue weighted by Crippen LogP contribution is 2.61. The molecule has 0 bridgehead atoms. The lowest BCUT2D eigenvalue weighted by Gasteiger charge is -2.19. The molecule has 0 aliphatic carbocycles. The number of aromatic nitrogens is 3. The van der Waals surface area contributed by atoms with Crippen LogP contribution in [-0.4, -0.2) is 28.1 Å². The predicted octanol–water partition coefficient (Wildman–Crippen LogP) is 2.19. The van der Waals surface area contributed by atoms with Crippen molar-refractivity contribution in [2.45, 2.75) is 19.6 Å². The van der Waals surface area contributed by atoms with Gasteiger partial charge in [0.05, 0.1) is 19.0 Å². The molecule has 1 aromatic heterocycles. The molecular formula is C7H15N4O2PS3. The van der Waals surface area contributed by atoms with Crippen molar-refractivity contribution in [2.24, 2.45) is 0 Å². The maximum Gasteiger partial charge on any atom is 0.247 e. The molecule has 0 saturated carbocycles. The summed E-state index contributed by atoms with van der Waals surface area (Å²) in [6, 6.07) is 0. The van der Waals surface area contributed by atoms with Gasteiger partial charge in [-0.1, -0.05) is 11.4 Å². The number of nitrogens with zero attached hydrogens (tertiary/aromatic N) is 2. The monoisotopic (exact) mass is 314 g/mol. The molecule has 0 aliphatic heterocycles. The summed E-state index contributed by atoms with van der Waals surface area (Å²) < 4.78 is 12.7. The lowest BCUT2D eigenvalue weighted by atomic mass is 10.7. The maximum absolute atomic E-state index is 5.68. The minimum atomic E-state index is -2.30. The summed E-state index contributed by atoms with van der Waals surface area (Å²) in [7, 11) is 0. The Morgan fingerprint density at radius 1 is 1.47 bits per heavy atom. The summed E-state index contributed by atoms with van der Waals surface area (Å²) >= 11 is 11.7. The van der Waals surface area contributed by atoms with E-state index in [1.54, 1.807) is 0 Å². The van der Waals surface area contributed by atoms with E-state index in [2.05, 4.69) is 10.2 Å². The third-order valence-corrected chi connectivity index (χ3v) is 7.39. The third kappa shape index (κ3) is 4.35. The zero-order chi connectivity index (χ0) is 12.9. The summed E-state index contributed by atoms with van der Waals surface area (Å²) in [5, 5.41) is 6.61. The van der Waals surface area contributed by atoms with Crippen LogP contribution in [0.15, 0.2) is 0 Å². The van der Waals surface area contributed by atoms with Crippen molar-refractivity contribution >= 4 is 41.1 Å². The van der Waals surface area contributed by atoms with Gasteiger partial charge in [-0.25, -0.2) is 4.68 Å². The summed E-state index contributed by atoms with van der Waals surface area (Å²) in [6.07, 6.45) is 0. The average molecular weight is 314 g/mol. The molecular weight excluding hydrogens is 299 g/mol. The van der Waals surface area contributed by atoms with Crippen LogP contribution in [-0.2, 0) is 26.6 Å². The Balaban J connectivity index is 2.67. The van der Waals surface area contributed by atoms with Crippen molar-refractivity contribution in [1.82, 2.24) is 14.9 Å². The van der Waals surface area contributed by atoms with Gasteiger partial charge in [0.25, 0.3) is 0 Å². The summed E-state index contributed by atoms with van der Waals surface area (Å²) in [5.74, 6) is 6.80. The van der Waals surface area contributed by atoms with E-state index < -0.39 is 5.69 Å². The standard InChI is InChI=1S/C7H15N4O2PS3/c1-3-12-14(16,13-4-2)17-5-6-9-10-7(15)11(6)8/h3-5,8H2,1-2H3,(H,10,15). The molecule has 0 saturated heterocycles. The molecule has 0 fully saturated rings. The number of H-pyrrole nitrogens is 1. The first-order valence-electron chi connectivity index (χ1n) is 4.97. The molecule has 1 aromatic rings. The van der Waals surface area contributed by atoms with Crippen LogP contribution >= 0.6 is 29.3 Å². The van der Waals surface area contributed by atoms with E-state index in [-0.39, 0.29) is 0 Å². The Kier molecular flexibility index (Phi) is 6.11. The minimum Gasteiger partial charge on any atom is -0.335 e. The van der Waals surface area contributed by atoms with Crippen LogP contribution < -0.4 is 5.84 Å². The van der Waals surface area contributed by atoms with Crippen LogP contribution in [0.25, 0.3) is 0 Å². The lowest BCUT2D eigenvalue weighted by molar-refractivity contribution is 0.280. The van der Waals surface area contributed by atoms with Gasteiger partial charge in [-0.15, -0.1) is 0 Å². The Labute approximate surface area is 114 Å². The lowest BCUT2D eigenvalue weighted by Crippen LogP contribution is -2.12. The number of nitrogen functional groups attached to an aromatic ring is 1.